The zero-order valence-electron chi connectivity index (χ0n) is 6.20. The smallest absolute Gasteiger partial charge is 0.247 e. The van der Waals surface area contributed by atoms with Gasteiger partial charge in [0.05, 0.1) is 11.6 Å². The average Bonchev–Trinajstić information content (AvgIpc) is 2.01. The monoisotopic (exact) mass is 321 g/mol. The highest BCUT2D eigenvalue weighted by molar-refractivity contribution is 14.1. The summed E-state index contributed by atoms with van der Waals surface area (Å²) in [4.78, 5) is 3.36. The molecule has 0 spiro atoms. The van der Waals surface area contributed by atoms with E-state index in [4.69, 9.17) is 11.6 Å². The lowest BCUT2D eigenvalue weighted by Gasteiger charge is -2.07. The molecule has 0 amide bonds. The van der Waals surface area contributed by atoms with Gasteiger partial charge < -0.3 is 0 Å². The van der Waals surface area contributed by atoms with Gasteiger partial charge in [0.2, 0.25) is 0 Å². The second-order valence-corrected chi connectivity index (χ2v) is 3.81. The minimum atomic E-state index is -4.40. The van der Waals surface area contributed by atoms with E-state index in [0.29, 0.717) is 3.57 Å². The van der Waals surface area contributed by atoms with Crippen LogP contribution in [0.1, 0.15) is 11.4 Å². The summed E-state index contributed by atoms with van der Waals surface area (Å²) in [7, 11) is 0. The van der Waals surface area contributed by atoms with Gasteiger partial charge in [0, 0.05) is 3.57 Å². The van der Waals surface area contributed by atoms with E-state index in [0.717, 1.165) is 6.07 Å². The van der Waals surface area contributed by atoms with Crippen molar-refractivity contribution < 1.29 is 13.2 Å². The van der Waals surface area contributed by atoms with Gasteiger partial charge in [0.15, 0.2) is 0 Å². The second kappa shape index (κ2) is 4.00. The molecule has 6 heteroatoms. The number of hydrogen-bond donors (Lipinski definition) is 0. The Morgan fingerprint density at radius 3 is 2.46 bits per heavy atom. The molecular weight excluding hydrogens is 317 g/mol. The Labute approximate surface area is 91.4 Å². The van der Waals surface area contributed by atoms with E-state index in [1.807, 2.05) is 0 Å². The largest absolute Gasteiger partial charge is 0.433 e. The third-order valence-corrected chi connectivity index (χ3v) is 2.17. The van der Waals surface area contributed by atoms with Crippen LogP contribution < -0.4 is 0 Å². The minimum absolute atomic E-state index is 0.0140. The van der Waals surface area contributed by atoms with Gasteiger partial charge in [0.25, 0.3) is 0 Å². The lowest BCUT2D eigenvalue weighted by atomic mass is 10.3. The van der Waals surface area contributed by atoms with Crippen LogP contribution in [-0.2, 0) is 12.1 Å². The van der Waals surface area contributed by atoms with Crippen molar-refractivity contribution in [3.8, 4) is 0 Å². The molecule has 72 valence electrons. The van der Waals surface area contributed by atoms with Gasteiger partial charge >= 0.3 is 6.18 Å². The summed E-state index contributed by atoms with van der Waals surface area (Å²) in [5.41, 5.74) is -0.657. The normalized spacial score (nSPS) is 11.8. The van der Waals surface area contributed by atoms with E-state index in [9.17, 15) is 13.2 Å². The van der Waals surface area contributed by atoms with Crippen LogP contribution in [-0.4, -0.2) is 4.98 Å². The van der Waals surface area contributed by atoms with Gasteiger partial charge in [-0.25, -0.2) is 4.98 Å². The van der Waals surface area contributed by atoms with Crippen LogP contribution in [0.15, 0.2) is 12.1 Å². The second-order valence-electron chi connectivity index (χ2n) is 2.29. The summed E-state index contributed by atoms with van der Waals surface area (Å²) in [5.74, 6) is -0.0140. The van der Waals surface area contributed by atoms with Gasteiger partial charge in [-0.05, 0) is 34.7 Å². The van der Waals surface area contributed by atoms with Crippen LogP contribution in [0, 0.1) is 3.57 Å². The Bertz CT molecular complexity index is 313. The molecule has 0 saturated carbocycles. The van der Waals surface area contributed by atoms with Crippen molar-refractivity contribution in [2.45, 2.75) is 12.1 Å². The third-order valence-electron chi connectivity index (χ3n) is 1.27. The van der Waals surface area contributed by atoms with Crippen molar-refractivity contribution in [3.63, 3.8) is 0 Å². The van der Waals surface area contributed by atoms with Crippen molar-refractivity contribution in [1.29, 1.82) is 0 Å². The Morgan fingerprint density at radius 1 is 1.38 bits per heavy atom. The first-order valence-electron chi connectivity index (χ1n) is 3.23. The number of hydrogen-bond acceptors (Lipinski definition) is 1. The van der Waals surface area contributed by atoms with Crippen molar-refractivity contribution in [2.24, 2.45) is 0 Å². The van der Waals surface area contributed by atoms with Crippen molar-refractivity contribution in [1.82, 2.24) is 4.98 Å². The topological polar surface area (TPSA) is 12.9 Å². The van der Waals surface area contributed by atoms with Gasteiger partial charge in [-0.2, -0.15) is 13.2 Å². The number of nitrogens with zero attached hydrogens (tertiary/aromatic N) is 1. The van der Waals surface area contributed by atoms with Crippen molar-refractivity contribution >= 4 is 34.2 Å². The van der Waals surface area contributed by atoms with Crippen molar-refractivity contribution in [2.75, 3.05) is 0 Å². The van der Waals surface area contributed by atoms with Crippen LogP contribution in [0.4, 0.5) is 13.2 Å². The molecule has 1 nitrogen and oxygen atoms in total. The molecule has 1 aromatic heterocycles. The molecule has 0 radical (unpaired) electrons. The molecule has 0 saturated heterocycles. The van der Waals surface area contributed by atoms with E-state index < -0.39 is 11.9 Å². The summed E-state index contributed by atoms with van der Waals surface area (Å²) in [6.07, 6.45) is -4.40. The first-order chi connectivity index (χ1) is 5.93. The van der Waals surface area contributed by atoms with E-state index in [1.54, 1.807) is 22.6 Å². The maximum atomic E-state index is 12.2. The molecule has 1 rings (SSSR count). The lowest BCUT2D eigenvalue weighted by Crippen LogP contribution is -2.09. The fourth-order valence-electron chi connectivity index (χ4n) is 0.764. The third kappa shape index (κ3) is 2.98. The molecule has 0 atom stereocenters. The molecule has 0 unspecified atom stereocenters. The van der Waals surface area contributed by atoms with Crippen LogP contribution in [0.25, 0.3) is 0 Å². The predicted octanol–water partition coefficient (Wildman–Crippen LogP) is 3.44. The van der Waals surface area contributed by atoms with Gasteiger partial charge in [-0.3, -0.25) is 0 Å². The summed E-state index contributed by atoms with van der Waals surface area (Å²) in [6, 6.07) is 2.50. The molecule has 0 aromatic carbocycles. The SMILES string of the molecule is FC(F)(F)c1cc(I)cc(CCl)n1. The standard InChI is InChI=1S/C7H4ClF3IN/c8-3-5-1-4(12)2-6(13-5)7(9,10)11/h1-2H,3H2. The summed E-state index contributed by atoms with van der Waals surface area (Å²) >= 11 is 7.18. The first-order valence-corrected chi connectivity index (χ1v) is 4.84. The van der Waals surface area contributed by atoms with E-state index >= 15 is 0 Å². The molecule has 0 aliphatic heterocycles. The maximum Gasteiger partial charge on any atom is 0.433 e. The maximum absolute atomic E-state index is 12.2. The number of rotatable bonds is 1. The summed E-state index contributed by atoms with van der Waals surface area (Å²) in [6.45, 7) is 0. The quantitative estimate of drug-likeness (QED) is 0.570. The van der Waals surface area contributed by atoms with Crippen LogP contribution in [0.3, 0.4) is 0 Å². The zero-order valence-corrected chi connectivity index (χ0v) is 9.11. The highest BCUT2D eigenvalue weighted by atomic mass is 127. The van der Waals surface area contributed by atoms with Crippen LogP contribution >= 0.6 is 34.2 Å². The van der Waals surface area contributed by atoms with E-state index in [-0.39, 0.29) is 11.6 Å². The fourth-order valence-corrected chi connectivity index (χ4v) is 1.56. The van der Waals surface area contributed by atoms with Gasteiger partial charge in [0.1, 0.15) is 5.69 Å². The molecular formula is C7H4ClF3IN. The molecule has 0 bridgehead atoms. The van der Waals surface area contributed by atoms with Gasteiger partial charge in [-0.1, -0.05) is 0 Å². The van der Waals surface area contributed by atoms with E-state index in [1.165, 1.54) is 6.07 Å². The Hall–Kier alpha value is -0.0400. The van der Waals surface area contributed by atoms with Crippen LogP contribution in [0.5, 0.6) is 0 Å². The fraction of sp³-hybridized carbons (Fsp3) is 0.286. The molecule has 1 aromatic rings. The summed E-state index contributed by atoms with van der Waals surface area (Å²) < 4.78 is 37.0. The van der Waals surface area contributed by atoms with Crippen LogP contribution in [0.2, 0.25) is 0 Å². The number of pyridine rings is 1. The highest BCUT2D eigenvalue weighted by Crippen LogP contribution is 2.29. The first kappa shape index (κ1) is 11.0. The number of aromatic nitrogens is 1. The lowest BCUT2D eigenvalue weighted by molar-refractivity contribution is -0.141. The highest BCUT2D eigenvalue weighted by Gasteiger charge is 2.32. The molecule has 1 heterocycles. The van der Waals surface area contributed by atoms with Gasteiger partial charge in [-0.15, -0.1) is 11.6 Å². The number of halogens is 5. The van der Waals surface area contributed by atoms with Crippen molar-refractivity contribution in [3.05, 3.63) is 27.1 Å². The summed E-state index contributed by atoms with van der Waals surface area (Å²) in [5, 5.41) is 0. The Morgan fingerprint density at radius 2 is 2.00 bits per heavy atom. The van der Waals surface area contributed by atoms with E-state index in [2.05, 4.69) is 4.98 Å². The minimum Gasteiger partial charge on any atom is -0.247 e. The average molecular weight is 321 g/mol. The molecule has 0 aliphatic rings. The molecule has 0 N–H and O–H groups in total. The Balaban J connectivity index is 3.16. The molecule has 0 fully saturated rings. The zero-order chi connectivity index (χ0) is 10.1. The number of alkyl halides is 4. The predicted molar refractivity (Wildman–Crippen MR) is 51.5 cm³/mol. The Kier molecular flexibility index (Phi) is 3.39. The molecule has 13 heavy (non-hydrogen) atoms. The molecule has 0 aliphatic carbocycles.